The molecule has 0 aromatic heterocycles. The minimum Gasteiger partial charge on any atom is -0.379 e. The minimum absolute atomic E-state index is 0.0325. The van der Waals surface area contributed by atoms with Gasteiger partial charge in [-0.25, -0.2) is 8.42 Å². The van der Waals surface area contributed by atoms with Crippen LogP contribution in [0, 0.1) is 34.0 Å². The lowest BCUT2D eigenvalue weighted by atomic mass is 10.2. The Morgan fingerprint density at radius 1 is 1.08 bits per heavy atom. The molecule has 0 unspecified atom stereocenters. The van der Waals surface area contributed by atoms with E-state index < -0.39 is 15.6 Å². The predicted octanol–water partition coefficient (Wildman–Crippen LogP) is 0.944. The summed E-state index contributed by atoms with van der Waals surface area (Å²) >= 11 is 0. The molecule has 0 radical (unpaired) electrons. The van der Waals surface area contributed by atoms with E-state index in [9.17, 15) is 8.42 Å². The number of nitrogens with zero attached hydrogens (tertiary/aromatic N) is 4. The summed E-state index contributed by atoms with van der Waals surface area (Å²) in [5.41, 5.74) is -0.593. The van der Waals surface area contributed by atoms with E-state index in [0.717, 1.165) is 0 Å². The van der Waals surface area contributed by atoms with Gasteiger partial charge in [0, 0.05) is 13.1 Å². The smallest absolute Gasteiger partial charge is 0.245 e. The topological polar surface area (TPSA) is 130 Å². The third-order valence-electron chi connectivity index (χ3n) is 3.32. The number of hydrogen-bond acceptors (Lipinski definition) is 7. The first-order valence-corrected chi connectivity index (χ1v) is 8.37. The number of morpholine rings is 1. The zero-order chi connectivity index (χ0) is 17.6. The maximum atomic E-state index is 12.8. The quantitative estimate of drug-likeness (QED) is 0.805. The Labute approximate surface area is 139 Å². The second kappa shape index (κ2) is 7.58. The molecule has 0 bridgehead atoms. The molecule has 1 fully saturated rings. The van der Waals surface area contributed by atoms with Crippen molar-refractivity contribution in [2.75, 3.05) is 31.6 Å². The van der Waals surface area contributed by atoms with Crippen LogP contribution < -0.4 is 5.32 Å². The Morgan fingerprint density at radius 3 is 2.29 bits per heavy atom. The number of para-hydroxylation sites is 1. The third kappa shape index (κ3) is 3.53. The van der Waals surface area contributed by atoms with Crippen LogP contribution in [0.25, 0.3) is 0 Å². The number of ether oxygens (including phenoxy) is 1. The molecule has 24 heavy (non-hydrogen) atoms. The van der Waals surface area contributed by atoms with Crippen LogP contribution in [0.1, 0.15) is 0 Å². The fourth-order valence-corrected chi connectivity index (χ4v) is 3.69. The van der Waals surface area contributed by atoms with E-state index in [0.29, 0.717) is 13.2 Å². The molecule has 1 saturated heterocycles. The first-order valence-electron chi connectivity index (χ1n) is 6.93. The van der Waals surface area contributed by atoms with E-state index >= 15 is 0 Å². The number of allylic oxidation sites excluding steroid dienone is 2. The summed E-state index contributed by atoms with van der Waals surface area (Å²) in [5, 5.41) is 29.4. The first kappa shape index (κ1) is 17.5. The minimum atomic E-state index is -3.79. The number of sulfonamides is 1. The number of nitriles is 3. The summed E-state index contributed by atoms with van der Waals surface area (Å²) in [6.07, 6.45) is 0. The van der Waals surface area contributed by atoms with Crippen molar-refractivity contribution in [2.24, 2.45) is 0 Å². The van der Waals surface area contributed by atoms with Gasteiger partial charge < -0.3 is 10.1 Å². The summed E-state index contributed by atoms with van der Waals surface area (Å²) in [6, 6.07) is 10.9. The largest absolute Gasteiger partial charge is 0.379 e. The average Bonchev–Trinajstić information content (AvgIpc) is 2.62. The van der Waals surface area contributed by atoms with E-state index in [1.807, 2.05) is 0 Å². The lowest BCUT2D eigenvalue weighted by molar-refractivity contribution is 0.0730. The predicted molar refractivity (Wildman–Crippen MR) is 83.5 cm³/mol. The second-order valence-electron chi connectivity index (χ2n) is 4.72. The molecule has 0 aliphatic carbocycles. The van der Waals surface area contributed by atoms with Crippen molar-refractivity contribution in [2.45, 2.75) is 4.90 Å². The average molecular weight is 343 g/mol. The van der Waals surface area contributed by atoms with Crippen molar-refractivity contribution in [3.05, 3.63) is 35.5 Å². The van der Waals surface area contributed by atoms with Gasteiger partial charge in [-0.1, -0.05) is 12.1 Å². The molecule has 1 heterocycles. The molecular formula is C15H13N5O3S. The maximum Gasteiger partial charge on any atom is 0.245 e. The highest BCUT2D eigenvalue weighted by molar-refractivity contribution is 7.89. The van der Waals surface area contributed by atoms with E-state index in [1.54, 1.807) is 30.3 Å². The monoisotopic (exact) mass is 343 g/mol. The van der Waals surface area contributed by atoms with Crippen molar-refractivity contribution in [3.8, 4) is 18.2 Å². The van der Waals surface area contributed by atoms with E-state index in [1.165, 1.54) is 16.4 Å². The van der Waals surface area contributed by atoms with Crippen molar-refractivity contribution < 1.29 is 13.2 Å². The van der Waals surface area contributed by atoms with Gasteiger partial charge in [0.25, 0.3) is 0 Å². The molecule has 1 aliphatic heterocycles. The number of anilines is 1. The molecule has 122 valence electrons. The number of rotatable bonds is 4. The van der Waals surface area contributed by atoms with Crippen molar-refractivity contribution in [1.29, 1.82) is 15.8 Å². The van der Waals surface area contributed by atoms with Crippen LogP contribution in [0.15, 0.2) is 40.4 Å². The van der Waals surface area contributed by atoms with Crippen LogP contribution in [-0.4, -0.2) is 39.0 Å². The number of hydrogen-bond donors (Lipinski definition) is 1. The van der Waals surface area contributed by atoms with E-state index in [2.05, 4.69) is 5.32 Å². The van der Waals surface area contributed by atoms with Crippen molar-refractivity contribution in [1.82, 2.24) is 4.31 Å². The summed E-state index contributed by atoms with van der Waals surface area (Å²) in [5.74, 6) is 0. The van der Waals surface area contributed by atoms with Crippen LogP contribution in [0.2, 0.25) is 0 Å². The van der Waals surface area contributed by atoms with Gasteiger partial charge in [0.15, 0.2) is 5.57 Å². The van der Waals surface area contributed by atoms with Gasteiger partial charge >= 0.3 is 0 Å². The van der Waals surface area contributed by atoms with Gasteiger partial charge in [0.1, 0.15) is 28.8 Å². The SMILES string of the molecule is N#CC(C#N)=C(C#N)Nc1ccccc1S(=O)(=O)N1CCOCC1. The maximum absolute atomic E-state index is 12.8. The van der Waals surface area contributed by atoms with Gasteiger partial charge in [-0.05, 0) is 12.1 Å². The molecule has 1 aliphatic rings. The standard InChI is InChI=1S/C15H13N5O3S/c16-9-12(10-17)14(11-18)19-13-3-1-2-4-15(13)24(21,22)20-5-7-23-8-6-20/h1-4,19H,5-8H2. The van der Waals surface area contributed by atoms with Gasteiger partial charge in [0.2, 0.25) is 10.0 Å². The molecule has 1 aromatic carbocycles. The lowest BCUT2D eigenvalue weighted by Gasteiger charge is -2.27. The fourth-order valence-electron chi connectivity index (χ4n) is 2.14. The Bertz CT molecular complexity index is 865. The molecule has 0 spiro atoms. The highest BCUT2D eigenvalue weighted by Crippen LogP contribution is 2.26. The zero-order valence-corrected chi connectivity index (χ0v) is 13.4. The van der Waals surface area contributed by atoms with E-state index in [4.69, 9.17) is 20.5 Å². The molecule has 0 saturated carbocycles. The third-order valence-corrected chi connectivity index (χ3v) is 5.28. The number of benzene rings is 1. The van der Waals surface area contributed by atoms with Crippen LogP contribution in [0.4, 0.5) is 5.69 Å². The fraction of sp³-hybridized carbons (Fsp3) is 0.267. The van der Waals surface area contributed by atoms with Gasteiger partial charge in [-0.15, -0.1) is 0 Å². The van der Waals surface area contributed by atoms with Crippen molar-refractivity contribution in [3.63, 3.8) is 0 Å². The summed E-state index contributed by atoms with van der Waals surface area (Å²) in [4.78, 5) is -0.0325. The van der Waals surface area contributed by atoms with Crippen LogP contribution in [-0.2, 0) is 14.8 Å². The summed E-state index contributed by atoms with van der Waals surface area (Å²) in [7, 11) is -3.79. The van der Waals surface area contributed by atoms with Crippen LogP contribution in [0.3, 0.4) is 0 Å². The van der Waals surface area contributed by atoms with Crippen LogP contribution >= 0.6 is 0 Å². The van der Waals surface area contributed by atoms with Gasteiger partial charge in [0.05, 0.1) is 18.9 Å². The molecule has 8 nitrogen and oxygen atoms in total. The molecule has 0 atom stereocenters. The Morgan fingerprint density at radius 2 is 1.71 bits per heavy atom. The Kier molecular flexibility index (Phi) is 5.51. The zero-order valence-electron chi connectivity index (χ0n) is 12.6. The summed E-state index contributed by atoms with van der Waals surface area (Å²) < 4.78 is 32.0. The van der Waals surface area contributed by atoms with Crippen molar-refractivity contribution >= 4 is 15.7 Å². The second-order valence-corrected chi connectivity index (χ2v) is 6.63. The van der Waals surface area contributed by atoms with Gasteiger partial charge in [-0.2, -0.15) is 20.1 Å². The molecule has 1 aromatic rings. The van der Waals surface area contributed by atoms with E-state index in [-0.39, 0.29) is 29.4 Å². The number of nitrogens with one attached hydrogen (secondary N) is 1. The lowest BCUT2D eigenvalue weighted by Crippen LogP contribution is -2.40. The molecular weight excluding hydrogens is 330 g/mol. The molecule has 0 amide bonds. The van der Waals surface area contributed by atoms with Gasteiger partial charge in [-0.3, -0.25) is 0 Å². The highest BCUT2D eigenvalue weighted by atomic mass is 32.2. The summed E-state index contributed by atoms with van der Waals surface area (Å²) in [6.45, 7) is 1.09. The van der Waals surface area contributed by atoms with Crippen LogP contribution in [0.5, 0.6) is 0 Å². The molecule has 1 N–H and O–H groups in total. The first-order chi connectivity index (χ1) is 11.5. The molecule has 9 heteroatoms. The normalized spacial score (nSPS) is 14.7. The Hall–Kier alpha value is -2.90. The Balaban J connectivity index is 2.45. The molecule has 2 rings (SSSR count). The highest BCUT2D eigenvalue weighted by Gasteiger charge is 2.28.